The van der Waals surface area contributed by atoms with Crippen LogP contribution in [-0.4, -0.2) is 11.1 Å². The van der Waals surface area contributed by atoms with Crippen molar-refractivity contribution in [3.05, 3.63) is 70.8 Å². The Morgan fingerprint density at radius 1 is 0.677 bits per heavy atom. The van der Waals surface area contributed by atoms with Gasteiger partial charge in [0.15, 0.2) is 0 Å². The van der Waals surface area contributed by atoms with Crippen LogP contribution in [0.5, 0.6) is 0 Å². The molecule has 2 aromatic carbocycles. The van der Waals surface area contributed by atoms with Gasteiger partial charge in [-0.1, -0.05) is 87.1 Å². The first-order valence-corrected chi connectivity index (χ1v) is 12.6. The number of fused-ring (bicyclic) bond motifs is 1. The largest absolute Gasteiger partial charge is 0.481 e. The Kier molecular flexibility index (Phi) is 4.56. The third-order valence-corrected chi connectivity index (χ3v) is 9.63. The molecule has 2 nitrogen and oxygen atoms in total. The molecule has 31 heavy (non-hydrogen) atoms. The summed E-state index contributed by atoms with van der Waals surface area (Å²) < 4.78 is 0. The number of aliphatic carboxylic acids is 1. The molecule has 2 saturated carbocycles. The van der Waals surface area contributed by atoms with Crippen molar-refractivity contribution in [2.45, 2.75) is 81.5 Å². The molecule has 2 bridgehead atoms. The van der Waals surface area contributed by atoms with Crippen LogP contribution in [0.3, 0.4) is 0 Å². The van der Waals surface area contributed by atoms with Gasteiger partial charge in [-0.25, -0.2) is 0 Å². The van der Waals surface area contributed by atoms with Gasteiger partial charge in [0.25, 0.3) is 0 Å². The van der Waals surface area contributed by atoms with Crippen LogP contribution in [0, 0.1) is 17.8 Å². The number of carboxylic acids is 1. The van der Waals surface area contributed by atoms with E-state index in [4.69, 9.17) is 0 Å². The molecule has 162 valence electrons. The molecule has 5 aliphatic carbocycles. The van der Waals surface area contributed by atoms with Crippen molar-refractivity contribution in [1.29, 1.82) is 0 Å². The Balaban J connectivity index is 1.69. The van der Waals surface area contributed by atoms with E-state index >= 15 is 0 Å². The monoisotopic (exact) mass is 414 g/mol. The molecule has 7 rings (SSSR count). The van der Waals surface area contributed by atoms with Gasteiger partial charge in [-0.05, 0) is 66.2 Å². The molecule has 0 spiro atoms. The molecule has 1 atom stereocenters. The summed E-state index contributed by atoms with van der Waals surface area (Å²) in [6.07, 6.45) is 13.2. The Morgan fingerprint density at radius 2 is 1.13 bits per heavy atom. The van der Waals surface area contributed by atoms with Gasteiger partial charge < -0.3 is 5.11 Å². The summed E-state index contributed by atoms with van der Waals surface area (Å²) >= 11 is 0. The molecule has 2 fully saturated rings. The lowest BCUT2D eigenvalue weighted by atomic mass is 9.38. The first kappa shape index (κ1) is 19.6. The first-order chi connectivity index (χ1) is 15.2. The average molecular weight is 415 g/mol. The highest BCUT2D eigenvalue weighted by molar-refractivity contribution is 5.79. The highest BCUT2D eigenvalue weighted by Crippen LogP contribution is 2.68. The zero-order valence-electron chi connectivity index (χ0n) is 18.5. The van der Waals surface area contributed by atoms with Gasteiger partial charge >= 0.3 is 5.97 Å². The smallest absolute Gasteiger partial charge is 0.307 e. The highest BCUT2D eigenvalue weighted by atomic mass is 16.4. The Hall–Kier alpha value is -2.09. The molecule has 5 aliphatic rings. The summed E-state index contributed by atoms with van der Waals surface area (Å²) in [4.78, 5) is 13.0. The zero-order valence-corrected chi connectivity index (χ0v) is 18.5. The quantitative estimate of drug-likeness (QED) is 0.597. The third-order valence-electron chi connectivity index (χ3n) is 9.63. The van der Waals surface area contributed by atoms with E-state index in [-0.39, 0.29) is 16.7 Å². The SMILES string of the molecule is O=C(O)C1CC2(C3CCCCC3)c3ccccc3C1(C1CCCCC1)c1ccccc12. The molecule has 1 unspecified atom stereocenters. The summed E-state index contributed by atoms with van der Waals surface area (Å²) in [5.74, 6) is 0.0847. The topological polar surface area (TPSA) is 37.3 Å². The van der Waals surface area contributed by atoms with Crippen LogP contribution in [0.2, 0.25) is 0 Å². The van der Waals surface area contributed by atoms with Crippen LogP contribution in [0.15, 0.2) is 48.5 Å². The second-order valence-corrected chi connectivity index (χ2v) is 10.7. The molecule has 2 aromatic rings. The minimum absolute atomic E-state index is 0.132. The van der Waals surface area contributed by atoms with Crippen LogP contribution in [0.4, 0.5) is 0 Å². The van der Waals surface area contributed by atoms with Crippen molar-refractivity contribution < 1.29 is 9.90 Å². The van der Waals surface area contributed by atoms with E-state index in [0.717, 1.165) is 19.3 Å². The maximum atomic E-state index is 13.0. The van der Waals surface area contributed by atoms with Gasteiger partial charge in [0.1, 0.15) is 0 Å². The van der Waals surface area contributed by atoms with Gasteiger partial charge in [-0.2, -0.15) is 0 Å². The molecular formula is C29H34O2. The number of rotatable bonds is 3. The van der Waals surface area contributed by atoms with E-state index in [1.807, 2.05) is 0 Å². The molecule has 0 heterocycles. The first-order valence-electron chi connectivity index (χ1n) is 12.6. The predicted molar refractivity (Wildman–Crippen MR) is 123 cm³/mol. The van der Waals surface area contributed by atoms with Gasteiger partial charge in [0, 0.05) is 10.8 Å². The summed E-state index contributed by atoms with van der Waals surface area (Å²) in [6, 6.07) is 18.1. The van der Waals surface area contributed by atoms with Crippen molar-refractivity contribution in [3.63, 3.8) is 0 Å². The number of hydrogen-bond acceptors (Lipinski definition) is 1. The average Bonchev–Trinajstić information content (AvgIpc) is 2.85. The van der Waals surface area contributed by atoms with Crippen LogP contribution in [-0.2, 0) is 15.6 Å². The second-order valence-electron chi connectivity index (χ2n) is 10.7. The molecule has 0 saturated heterocycles. The minimum atomic E-state index is -0.574. The summed E-state index contributed by atoms with van der Waals surface area (Å²) in [7, 11) is 0. The summed E-state index contributed by atoms with van der Waals surface area (Å²) in [5.41, 5.74) is 5.19. The van der Waals surface area contributed by atoms with Crippen LogP contribution >= 0.6 is 0 Å². The second kappa shape index (κ2) is 7.22. The van der Waals surface area contributed by atoms with Crippen molar-refractivity contribution in [1.82, 2.24) is 0 Å². The number of hydrogen-bond donors (Lipinski definition) is 1. The van der Waals surface area contributed by atoms with E-state index in [2.05, 4.69) is 48.5 Å². The summed E-state index contributed by atoms with van der Waals surface area (Å²) in [6.45, 7) is 0. The van der Waals surface area contributed by atoms with E-state index in [0.29, 0.717) is 11.8 Å². The zero-order chi connectivity index (χ0) is 21.1. The molecule has 0 amide bonds. The van der Waals surface area contributed by atoms with E-state index in [1.54, 1.807) is 0 Å². The minimum Gasteiger partial charge on any atom is -0.481 e. The Morgan fingerprint density at radius 3 is 1.61 bits per heavy atom. The molecule has 0 aromatic heterocycles. The van der Waals surface area contributed by atoms with Crippen LogP contribution < -0.4 is 0 Å². The third kappa shape index (κ3) is 2.48. The van der Waals surface area contributed by atoms with Gasteiger partial charge in [-0.15, -0.1) is 0 Å². The predicted octanol–water partition coefficient (Wildman–Crippen LogP) is 6.84. The van der Waals surface area contributed by atoms with E-state index < -0.39 is 5.97 Å². The van der Waals surface area contributed by atoms with Crippen molar-refractivity contribution in [3.8, 4) is 0 Å². The van der Waals surface area contributed by atoms with E-state index in [1.165, 1.54) is 73.6 Å². The maximum absolute atomic E-state index is 13.0. The lowest BCUT2D eigenvalue weighted by Crippen LogP contribution is -2.62. The highest BCUT2D eigenvalue weighted by Gasteiger charge is 2.66. The van der Waals surface area contributed by atoms with Crippen molar-refractivity contribution in [2.75, 3.05) is 0 Å². The fraction of sp³-hybridized carbons (Fsp3) is 0.552. The van der Waals surface area contributed by atoms with Crippen molar-refractivity contribution >= 4 is 5.97 Å². The molecular weight excluding hydrogens is 380 g/mol. The van der Waals surface area contributed by atoms with Gasteiger partial charge in [0.05, 0.1) is 5.92 Å². The molecule has 2 heteroatoms. The fourth-order valence-electron chi connectivity index (χ4n) is 8.60. The number of carbonyl (C=O) groups is 1. The van der Waals surface area contributed by atoms with Gasteiger partial charge in [0.2, 0.25) is 0 Å². The fourth-order valence-corrected chi connectivity index (χ4v) is 8.60. The molecule has 0 radical (unpaired) electrons. The number of carboxylic acid groups (broad SMARTS) is 1. The molecule has 0 aliphatic heterocycles. The standard InChI is InChI=1S/C29H34O2/c30-27(31)26-19-28(20-11-3-1-4-12-20)22-15-7-9-17-24(22)29(26,21-13-5-2-6-14-21)25-18-10-8-16-23(25)28/h7-10,15-18,20-21,26H,1-6,11-14,19H2,(H,30,31). The lowest BCUT2D eigenvalue weighted by molar-refractivity contribution is -0.147. The Labute approximate surface area is 186 Å². The van der Waals surface area contributed by atoms with Crippen LogP contribution in [0.1, 0.15) is 92.9 Å². The Bertz CT molecular complexity index is 946. The molecule has 1 N–H and O–H groups in total. The van der Waals surface area contributed by atoms with Crippen LogP contribution in [0.25, 0.3) is 0 Å². The normalized spacial score (nSPS) is 33.0. The van der Waals surface area contributed by atoms with Crippen molar-refractivity contribution in [2.24, 2.45) is 17.8 Å². The van der Waals surface area contributed by atoms with E-state index in [9.17, 15) is 9.90 Å². The van der Waals surface area contributed by atoms with Gasteiger partial charge in [-0.3, -0.25) is 4.79 Å². The summed E-state index contributed by atoms with van der Waals surface area (Å²) in [5, 5.41) is 10.7. The maximum Gasteiger partial charge on any atom is 0.307 e. The lowest BCUT2D eigenvalue weighted by Gasteiger charge is -2.63. The number of benzene rings is 2.